The second-order valence-electron chi connectivity index (χ2n) is 4.21. The van der Waals surface area contributed by atoms with Crippen LogP contribution in [0, 0.1) is 0 Å². The number of aliphatic hydroxyl groups is 1. The first kappa shape index (κ1) is 14.4. The molecule has 0 aromatic heterocycles. The van der Waals surface area contributed by atoms with Gasteiger partial charge >= 0.3 is 0 Å². The molecule has 0 aliphatic carbocycles. The van der Waals surface area contributed by atoms with Gasteiger partial charge in [0.1, 0.15) is 0 Å². The van der Waals surface area contributed by atoms with Gasteiger partial charge in [0.15, 0.2) is 0 Å². The van der Waals surface area contributed by atoms with Gasteiger partial charge in [-0.25, -0.2) is 0 Å². The number of hydrogen-bond acceptors (Lipinski definition) is 3. The van der Waals surface area contributed by atoms with Crippen LogP contribution < -0.4 is 5.32 Å². The van der Waals surface area contributed by atoms with Gasteiger partial charge in [0.2, 0.25) is 5.91 Å². The fraction of sp³-hybridized carbons (Fsp3) is 0.357. The molecule has 0 heterocycles. The molecular weight excluding hydrogens is 228 g/mol. The number of hydrogen-bond donors (Lipinski definition) is 2. The molecule has 18 heavy (non-hydrogen) atoms. The molecule has 1 aromatic rings. The summed E-state index contributed by atoms with van der Waals surface area (Å²) < 4.78 is 0. The fourth-order valence-corrected chi connectivity index (χ4v) is 1.53. The highest BCUT2D eigenvalue weighted by atomic mass is 16.3. The summed E-state index contributed by atoms with van der Waals surface area (Å²) >= 11 is 0. The monoisotopic (exact) mass is 248 g/mol. The second-order valence-corrected chi connectivity index (χ2v) is 4.21. The van der Waals surface area contributed by atoms with Crippen LogP contribution >= 0.6 is 0 Å². The van der Waals surface area contributed by atoms with Gasteiger partial charge in [-0.3, -0.25) is 9.69 Å². The highest BCUT2D eigenvalue weighted by molar-refractivity contribution is 5.91. The molecule has 0 spiro atoms. The zero-order valence-corrected chi connectivity index (χ0v) is 10.7. The summed E-state index contributed by atoms with van der Waals surface area (Å²) in [6.45, 7) is 6.93. The number of nitrogens with zero attached hydrogens (tertiary/aromatic N) is 1. The lowest BCUT2D eigenvalue weighted by Crippen LogP contribution is -2.38. The molecule has 0 saturated carbocycles. The van der Waals surface area contributed by atoms with Gasteiger partial charge in [-0.1, -0.05) is 36.9 Å². The maximum Gasteiger partial charge on any atom is 0.247 e. The van der Waals surface area contributed by atoms with E-state index in [0.29, 0.717) is 25.3 Å². The Hall–Kier alpha value is -1.65. The largest absolute Gasteiger partial charge is 0.395 e. The number of benzene rings is 1. The molecule has 0 bridgehead atoms. The first-order valence-corrected chi connectivity index (χ1v) is 5.94. The van der Waals surface area contributed by atoms with E-state index in [1.807, 2.05) is 35.2 Å². The highest BCUT2D eigenvalue weighted by Crippen LogP contribution is 2.03. The molecule has 0 atom stereocenters. The molecule has 0 fully saturated rings. The third kappa shape index (κ3) is 5.12. The summed E-state index contributed by atoms with van der Waals surface area (Å²) in [6, 6.07) is 9.94. The predicted octanol–water partition coefficient (Wildman–Crippen LogP) is 1.13. The lowest BCUT2D eigenvalue weighted by atomic mass is 10.2. The minimum Gasteiger partial charge on any atom is -0.395 e. The molecule has 1 rings (SSSR count). The molecule has 1 amide bonds. The molecule has 4 heteroatoms. The van der Waals surface area contributed by atoms with E-state index in [2.05, 4.69) is 11.9 Å². The zero-order valence-electron chi connectivity index (χ0n) is 10.7. The Bertz CT molecular complexity index is 390. The van der Waals surface area contributed by atoms with Crippen molar-refractivity contribution in [3.8, 4) is 0 Å². The lowest BCUT2D eigenvalue weighted by molar-refractivity contribution is -0.118. The number of amides is 1. The van der Waals surface area contributed by atoms with Crippen LogP contribution in [0.4, 0.5) is 0 Å². The number of carbonyl (C=O) groups excluding carboxylic acids is 1. The summed E-state index contributed by atoms with van der Waals surface area (Å²) in [6.07, 6.45) is 0. The van der Waals surface area contributed by atoms with Crippen LogP contribution in [0.15, 0.2) is 42.5 Å². The summed E-state index contributed by atoms with van der Waals surface area (Å²) in [7, 11) is 0. The standard InChI is InChI=1S/C14H20N2O2/c1-12(2)14(18)15-11-16(8-9-17)10-13-6-4-3-5-7-13/h3-7,17H,1,8-11H2,2H3,(H,15,18). The van der Waals surface area contributed by atoms with E-state index in [-0.39, 0.29) is 12.5 Å². The summed E-state index contributed by atoms with van der Waals surface area (Å²) in [5, 5.41) is 11.8. The van der Waals surface area contributed by atoms with Crippen molar-refractivity contribution >= 4 is 5.91 Å². The Morgan fingerprint density at radius 1 is 1.39 bits per heavy atom. The minimum atomic E-state index is -0.161. The number of carbonyl (C=O) groups is 1. The normalized spacial score (nSPS) is 10.4. The van der Waals surface area contributed by atoms with Crippen LogP contribution in [-0.4, -0.2) is 35.7 Å². The maximum absolute atomic E-state index is 11.4. The number of aliphatic hydroxyl groups excluding tert-OH is 1. The predicted molar refractivity (Wildman–Crippen MR) is 71.8 cm³/mol. The van der Waals surface area contributed by atoms with Crippen molar-refractivity contribution in [2.24, 2.45) is 0 Å². The van der Waals surface area contributed by atoms with E-state index in [4.69, 9.17) is 5.11 Å². The molecule has 98 valence electrons. The molecule has 2 N–H and O–H groups in total. The van der Waals surface area contributed by atoms with Crippen molar-refractivity contribution in [3.63, 3.8) is 0 Å². The van der Waals surface area contributed by atoms with Crippen molar-refractivity contribution in [1.29, 1.82) is 0 Å². The number of rotatable bonds is 7. The lowest BCUT2D eigenvalue weighted by Gasteiger charge is -2.21. The van der Waals surface area contributed by atoms with Gasteiger partial charge in [0.05, 0.1) is 13.3 Å². The third-order valence-electron chi connectivity index (χ3n) is 2.52. The molecular formula is C14H20N2O2. The van der Waals surface area contributed by atoms with Crippen LogP contribution in [0.1, 0.15) is 12.5 Å². The van der Waals surface area contributed by atoms with E-state index in [1.165, 1.54) is 0 Å². The number of nitrogens with one attached hydrogen (secondary N) is 1. The third-order valence-corrected chi connectivity index (χ3v) is 2.52. The maximum atomic E-state index is 11.4. The molecule has 0 radical (unpaired) electrons. The van der Waals surface area contributed by atoms with Gasteiger partial charge in [-0.15, -0.1) is 0 Å². The van der Waals surface area contributed by atoms with Gasteiger partial charge in [0.25, 0.3) is 0 Å². The van der Waals surface area contributed by atoms with Gasteiger partial charge in [0, 0.05) is 18.7 Å². The van der Waals surface area contributed by atoms with Crippen LogP contribution in [0.2, 0.25) is 0 Å². The summed E-state index contributed by atoms with van der Waals surface area (Å²) in [4.78, 5) is 13.4. The van der Waals surface area contributed by atoms with Gasteiger partial charge in [-0.05, 0) is 12.5 Å². The Kier molecular flexibility index (Phi) is 6.11. The van der Waals surface area contributed by atoms with E-state index >= 15 is 0 Å². The molecule has 1 aromatic carbocycles. The van der Waals surface area contributed by atoms with Crippen LogP contribution in [0.25, 0.3) is 0 Å². The Morgan fingerprint density at radius 3 is 2.61 bits per heavy atom. The van der Waals surface area contributed by atoms with Crippen molar-refractivity contribution in [3.05, 3.63) is 48.0 Å². The van der Waals surface area contributed by atoms with Gasteiger partial charge in [-0.2, -0.15) is 0 Å². The first-order valence-electron chi connectivity index (χ1n) is 5.94. The smallest absolute Gasteiger partial charge is 0.247 e. The topological polar surface area (TPSA) is 52.6 Å². The quantitative estimate of drug-likeness (QED) is 0.562. The Balaban J connectivity index is 2.50. The summed E-state index contributed by atoms with van der Waals surface area (Å²) in [5.41, 5.74) is 1.63. The Labute approximate surface area is 108 Å². The van der Waals surface area contributed by atoms with Crippen molar-refractivity contribution in [2.75, 3.05) is 19.8 Å². The van der Waals surface area contributed by atoms with Crippen LogP contribution in [0.5, 0.6) is 0 Å². The van der Waals surface area contributed by atoms with E-state index in [1.54, 1.807) is 6.92 Å². The van der Waals surface area contributed by atoms with E-state index in [9.17, 15) is 4.79 Å². The van der Waals surface area contributed by atoms with Crippen molar-refractivity contribution in [2.45, 2.75) is 13.5 Å². The average Bonchev–Trinajstić information content (AvgIpc) is 2.37. The molecule has 4 nitrogen and oxygen atoms in total. The van der Waals surface area contributed by atoms with Gasteiger partial charge < -0.3 is 10.4 Å². The fourth-order valence-electron chi connectivity index (χ4n) is 1.53. The first-order chi connectivity index (χ1) is 8.63. The zero-order chi connectivity index (χ0) is 13.4. The Morgan fingerprint density at radius 2 is 2.06 bits per heavy atom. The summed E-state index contributed by atoms with van der Waals surface area (Å²) in [5.74, 6) is -0.161. The van der Waals surface area contributed by atoms with Crippen LogP contribution in [-0.2, 0) is 11.3 Å². The van der Waals surface area contributed by atoms with Crippen LogP contribution in [0.3, 0.4) is 0 Å². The second kappa shape index (κ2) is 7.63. The highest BCUT2D eigenvalue weighted by Gasteiger charge is 2.07. The van der Waals surface area contributed by atoms with Crippen molar-refractivity contribution < 1.29 is 9.90 Å². The van der Waals surface area contributed by atoms with E-state index < -0.39 is 0 Å². The SMILES string of the molecule is C=C(C)C(=O)NCN(CCO)Cc1ccccc1. The molecule has 0 aliphatic heterocycles. The molecule has 0 saturated heterocycles. The molecule has 0 unspecified atom stereocenters. The van der Waals surface area contributed by atoms with E-state index in [0.717, 1.165) is 5.56 Å². The minimum absolute atomic E-state index is 0.0653. The van der Waals surface area contributed by atoms with Crippen molar-refractivity contribution in [1.82, 2.24) is 10.2 Å². The average molecular weight is 248 g/mol. The molecule has 0 aliphatic rings.